The zero-order chi connectivity index (χ0) is 33.3. The van der Waals surface area contributed by atoms with E-state index < -0.39 is 31.4 Å². The van der Waals surface area contributed by atoms with Gasteiger partial charge < -0.3 is 20.1 Å². The van der Waals surface area contributed by atoms with Gasteiger partial charge in [0.2, 0.25) is 0 Å². The second-order valence-electron chi connectivity index (χ2n) is 10.3. The lowest BCUT2D eigenvalue weighted by atomic mass is 9.94. The summed E-state index contributed by atoms with van der Waals surface area (Å²) < 4.78 is 50.3. The van der Waals surface area contributed by atoms with E-state index in [0.29, 0.717) is 49.6 Å². The second kappa shape index (κ2) is 12.6. The lowest BCUT2D eigenvalue weighted by Crippen LogP contribution is -2.27. The predicted molar refractivity (Wildman–Crippen MR) is 161 cm³/mol. The van der Waals surface area contributed by atoms with Crippen LogP contribution < -0.4 is 10.5 Å². The van der Waals surface area contributed by atoms with Gasteiger partial charge in [-0.2, -0.15) is 23.4 Å². The maximum atomic E-state index is 12.7. The number of nitrogens with two attached hydrogens (primary N) is 1. The van der Waals surface area contributed by atoms with Crippen LogP contribution in [0, 0.1) is 6.92 Å². The number of amides is 1. The Kier molecular flexibility index (Phi) is 8.83. The molecule has 1 unspecified atom stereocenters. The van der Waals surface area contributed by atoms with Crippen LogP contribution in [0.4, 0.5) is 19.0 Å². The van der Waals surface area contributed by atoms with E-state index in [0.717, 1.165) is 0 Å². The molecule has 0 saturated heterocycles. The summed E-state index contributed by atoms with van der Waals surface area (Å²) in [6.45, 7) is 2.40. The zero-order valence-corrected chi connectivity index (χ0v) is 25.6. The summed E-state index contributed by atoms with van der Waals surface area (Å²) in [5.74, 6) is -2.26. The number of fused-ring (bicyclic) bond motifs is 1. The van der Waals surface area contributed by atoms with Gasteiger partial charge in [0.1, 0.15) is 42.5 Å². The standard InChI is InChI=1S/C29H27ClF3N9O4/c1-14-19(30)9-18(15(2)42-26-22(25(34)36-13-37-26)23(40-42)17-11-38-39-12-17)24(45-7-8-46-28(44)29(31,32)33)21(14)16-5-6-20(35-10-16)27(43)41(3)4/h5-6,9-13,15H,7-8H2,1-4H3,(H,38,39)(H2,34,36,37). The van der Waals surface area contributed by atoms with Gasteiger partial charge in [-0.25, -0.2) is 19.4 Å². The van der Waals surface area contributed by atoms with Crippen molar-refractivity contribution in [1.82, 2.24) is 39.8 Å². The van der Waals surface area contributed by atoms with Crippen molar-refractivity contribution in [3.63, 3.8) is 0 Å². The molecular formula is C29H27ClF3N9O4. The van der Waals surface area contributed by atoms with Crippen LogP contribution >= 0.6 is 11.6 Å². The molecular weight excluding hydrogens is 631 g/mol. The lowest BCUT2D eigenvalue weighted by Gasteiger charge is -2.23. The van der Waals surface area contributed by atoms with E-state index in [1.165, 1.54) is 23.5 Å². The Morgan fingerprint density at radius 3 is 2.52 bits per heavy atom. The summed E-state index contributed by atoms with van der Waals surface area (Å²) in [5, 5.41) is 12.3. The van der Waals surface area contributed by atoms with Gasteiger partial charge >= 0.3 is 12.1 Å². The fourth-order valence-electron chi connectivity index (χ4n) is 4.79. The topological polar surface area (TPSA) is 167 Å². The number of carbonyl (C=O) groups is 2. The van der Waals surface area contributed by atoms with E-state index >= 15 is 0 Å². The third-order valence-electron chi connectivity index (χ3n) is 7.08. The van der Waals surface area contributed by atoms with Crippen LogP contribution in [0.1, 0.15) is 34.6 Å². The van der Waals surface area contributed by atoms with E-state index in [1.807, 2.05) is 0 Å². The smallest absolute Gasteiger partial charge is 0.489 e. The molecule has 4 aromatic heterocycles. The summed E-state index contributed by atoms with van der Waals surface area (Å²) in [4.78, 5) is 38.0. The molecule has 3 N–H and O–H groups in total. The van der Waals surface area contributed by atoms with Gasteiger partial charge in [-0.1, -0.05) is 17.7 Å². The Bertz CT molecular complexity index is 1910. The summed E-state index contributed by atoms with van der Waals surface area (Å²) in [7, 11) is 3.19. The summed E-state index contributed by atoms with van der Waals surface area (Å²) in [6.07, 6.45) is 0.812. The number of benzene rings is 1. The number of esters is 1. The number of pyridine rings is 1. The first-order valence-corrected chi connectivity index (χ1v) is 14.0. The molecule has 0 aliphatic rings. The molecule has 0 saturated carbocycles. The Hall–Kier alpha value is -5.25. The van der Waals surface area contributed by atoms with E-state index in [9.17, 15) is 22.8 Å². The molecule has 0 bridgehead atoms. The maximum absolute atomic E-state index is 12.7. The summed E-state index contributed by atoms with van der Waals surface area (Å²) in [6, 6.07) is 4.18. The minimum Gasteiger partial charge on any atom is -0.489 e. The fraction of sp³-hybridized carbons (Fsp3) is 0.276. The molecule has 240 valence electrons. The molecule has 0 radical (unpaired) electrons. The monoisotopic (exact) mass is 657 g/mol. The van der Waals surface area contributed by atoms with Gasteiger partial charge in [-0.15, -0.1) is 0 Å². The van der Waals surface area contributed by atoms with Gasteiger partial charge in [0.25, 0.3) is 5.91 Å². The number of alkyl halides is 3. The highest BCUT2D eigenvalue weighted by Crippen LogP contribution is 2.44. The molecule has 4 heterocycles. The number of aromatic amines is 1. The number of carbonyl (C=O) groups excluding carboxylic acids is 2. The molecule has 17 heteroatoms. The number of aromatic nitrogens is 7. The average Bonchev–Trinajstić information content (AvgIpc) is 3.69. The summed E-state index contributed by atoms with van der Waals surface area (Å²) in [5.41, 5.74) is 9.87. The predicted octanol–water partition coefficient (Wildman–Crippen LogP) is 4.62. The highest BCUT2D eigenvalue weighted by molar-refractivity contribution is 6.32. The largest absolute Gasteiger partial charge is 0.490 e. The SMILES string of the molecule is Cc1c(Cl)cc(C(C)n2nc(-c3cn[nH]c3)c3c(N)ncnc32)c(OCCOC(=O)C(F)(F)F)c1-c1ccc(C(=O)N(C)C)nc1. The van der Waals surface area contributed by atoms with Crippen LogP contribution in [0.3, 0.4) is 0 Å². The van der Waals surface area contributed by atoms with E-state index in [1.54, 1.807) is 57.2 Å². The molecule has 0 aliphatic carbocycles. The second-order valence-corrected chi connectivity index (χ2v) is 10.7. The number of rotatable bonds is 9. The lowest BCUT2D eigenvalue weighted by molar-refractivity contribution is -0.200. The zero-order valence-electron chi connectivity index (χ0n) is 24.9. The Balaban J connectivity index is 1.65. The van der Waals surface area contributed by atoms with Crippen LogP contribution in [-0.4, -0.2) is 85.2 Å². The van der Waals surface area contributed by atoms with Crippen molar-refractivity contribution in [3.05, 3.63) is 65.0 Å². The first-order chi connectivity index (χ1) is 21.8. The molecule has 0 fully saturated rings. The average molecular weight is 658 g/mol. The van der Waals surface area contributed by atoms with Gasteiger partial charge in [0, 0.05) is 53.8 Å². The number of hydrogen-bond acceptors (Lipinski definition) is 10. The molecule has 1 atom stereocenters. The molecule has 1 aromatic carbocycles. The number of ether oxygens (including phenoxy) is 2. The highest BCUT2D eigenvalue weighted by Gasteiger charge is 2.41. The number of halogens is 4. The van der Waals surface area contributed by atoms with E-state index in [2.05, 4.69) is 29.9 Å². The van der Waals surface area contributed by atoms with Crippen molar-refractivity contribution in [2.24, 2.45) is 0 Å². The van der Waals surface area contributed by atoms with Gasteiger partial charge in [-0.3, -0.25) is 14.9 Å². The van der Waals surface area contributed by atoms with Crippen molar-refractivity contribution in [2.45, 2.75) is 26.1 Å². The number of nitrogens with one attached hydrogen (secondary N) is 1. The number of H-pyrrole nitrogens is 1. The van der Waals surface area contributed by atoms with E-state index in [4.69, 9.17) is 27.2 Å². The van der Waals surface area contributed by atoms with Gasteiger partial charge in [0.05, 0.1) is 17.6 Å². The fourth-order valence-corrected chi connectivity index (χ4v) is 5.01. The quantitative estimate of drug-likeness (QED) is 0.169. The molecule has 1 amide bonds. The Morgan fingerprint density at radius 2 is 1.89 bits per heavy atom. The van der Waals surface area contributed by atoms with Crippen LogP contribution in [0.25, 0.3) is 33.4 Å². The minimum absolute atomic E-state index is 0.184. The van der Waals surface area contributed by atoms with Gasteiger partial charge in [-0.05, 0) is 31.5 Å². The highest BCUT2D eigenvalue weighted by atomic mass is 35.5. The number of nitrogen functional groups attached to an aromatic ring is 1. The normalized spacial score (nSPS) is 12.3. The number of hydrogen-bond donors (Lipinski definition) is 2. The molecule has 46 heavy (non-hydrogen) atoms. The van der Waals surface area contributed by atoms with E-state index in [-0.39, 0.29) is 23.2 Å². The molecule has 5 rings (SSSR count). The van der Waals surface area contributed by atoms with Crippen molar-refractivity contribution < 1.29 is 32.2 Å². The molecule has 13 nitrogen and oxygen atoms in total. The third-order valence-corrected chi connectivity index (χ3v) is 7.48. The maximum Gasteiger partial charge on any atom is 0.490 e. The van der Waals surface area contributed by atoms with Crippen molar-refractivity contribution >= 4 is 40.3 Å². The Labute approximate surface area is 264 Å². The number of nitrogens with zero attached hydrogens (tertiary/aromatic N) is 7. The van der Waals surface area contributed by atoms with Crippen molar-refractivity contribution in [2.75, 3.05) is 33.0 Å². The third kappa shape index (κ3) is 6.15. The first-order valence-electron chi connectivity index (χ1n) is 13.6. The molecule has 0 aliphatic heterocycles. The first kappa shape index (κ1) is 32.2. The molecule has 5 aromatic rings. The molecule has 0 spiro atoms. The van der Waals surface area contributed by atoms with Crippen LogP contribution in [0.2, 0.25) is 5.02 Å². The van der Waals surface area contributed by atoms with Gasteiger partial charge in [0.15, 0.2) is 5.65 Å². The van der Waals surface area contributed by atoms with Crippen LogP contribution in [-0.2, 0) is 9.53 Å². The summed E-state index contributed by atoms with van der Waals surface area (Å²) >= 11 is 6.76. The minimum atomic E-state index is -5.16. The van der Waals surface area contributed by atoms with Crippen LogP contribution in [0.15, 0.2) is 43.1 Å². The Morgan fingerprint density at radius 1 is 1.13 bits per heavy atom. The van der Waals surface area contributed by atoms with Crippen molar-refractivity contribution in [3.8, 4) is 28.1 Å². The number of anilines is 1. The van der Waals surface area contributed by atoms with Crippen LogP contribution in [0.5, 0.6) is 5.75 Å². The van der Waals surface area contributed by atoms with Crippen molar-refractivity contribution in [1.29, 1.82) is 0 Å².